The Morgan fingerprint density at radius 3 is 2.31 bits per heavy atom. The summed E-state index contributed by atoms with van der Waals surface area (Å²) in [6, 6.07) is 3.55. The van der Waals surface area contributed by atoms with Crippen LogP contribution in [0, 0.1) is 13.8 Å². The Balaban J connectivity index is 3.21. The molecule has 0 saturated heterocycles. The van der Waals surface area contributed by atoms with Gasteiger partial charge in [0.1, 0.15) is 0 Å². The Hall–Kier alpha value is -1.27. The van der Waals surface area contributed by atoms with Gasteiger partial charge in [0.05, 0.1) is 11.4 Å². The molecule has 1 aromatic carbocycles. The first-order valence-corrected chi connectivity index (χ1v) is 6.25. The maximum Gasteiger partial charge on any atom is 0.301 e. The third-order valence-corrected chi connectivity index (χ3v) is 3.90. The van der Waals surface area contributed by atoms with Gasteiger partial charge >= 0.3 is 10.2 Å². The molecule has 90 valence electrons. The number of nitrogen functional groups attached to an aromatic ring is 1. The summed E-state index contributed by atoms with van der Waals surface area (Å²) >= 11 is 0. The molecule has 0 radical (unpaired) electrons. The molecule has 0 fully saturated rings. The van der Waals surface area contributed by atoms with Crippen molar-refractivity contribution in [3.8, 4) is 0 Å². The largest absolute Gasteiger partial charge is 0.397 e. The maximum atomic E-state index is 11.7. The summed E-state index contributed by atoms with van der Waals surface area (Å²) in [6.07, 6.45) is 0. The monoisotopic (exact) mass is 243 g/mol. The molecule has 1 rings (SSSR count). The number of rotatable bonds is 3. The van der Waals surface area contributed by atoms with Crippen molar-refractivity contribution in [1.82, 2.24) is 4.31 Å². The first kappa shape index (κ1) is 12.8. The van der Waals surface area contributed by atoms with Crippen LogP contribution >= 0.6 is 0 Å². The van der Waals surface area contributed by atoms with Crippen LogP contribution in [-0.4, -0.2) is 26.8 Å². The molecule has 6 heteroatoms. The lowest BCUT2D eigenvalue weighted by atomic mass is 10.1. The summed E-state index contributed by atoms with van der Waals surface area (Å²) < 4.78 is 26.9. The first-order valence-electron chi connectivity index (χ1n) is 4.81. The van der Waals surface area contributed by atoms with Gasteiger partial charge in [-0.25, -0.2) is 0 Å². The van der Waals surface area contributed by atoms with E-state index >= 15 is 0 Å². The molecule has 16 heavy (non-hydrogen) atoms. The smallest absolute Gasteiger partial charge is 0.301 e. The molecule has 0 aliphatic heterocycles. The molecular formula is C10H17N3O2S. The van der Waals surface area contributed by atoms with Gasteiger partial charge in [0.25, 0.3) is 0 Å². The fourth-order valence-corrected chi connectivity index (χ4v) is 1.90. The number of hydrogen-bond donors (Lipinski definition) is 2. The fourth-order valence-electron chi connectivity index (χ4n) is 1.19. The average Bonchev–Trinajstić information content (AvgIpc) is 2.18. The van der Waals surface area contributed by atoms with E-state index in [1.165, 1.54) is 14.1 Å². The lowest BCUT2D eigenvalue weighted by molar-refractivity contribution is 0.527. The van der Waals surface area contributed by atoms with Gasteiger partial charge in [-0.3, -0.25) is 4.72 Å². The van der Waals surface area contributed by atoms with Crippen molar-refractivity contribution in [2.75, 3.05) is 24.6 Å². The highest BCUT2D eigenvalue weighted by Crippen LogP contribution is 2.26. The molecular weight excluding hydrogens is 226 g/mol. The molecule has 1 aromatic rings. The fraction of sp³-hybridized carbons (Fsp3) is 0.400. The van der Waals surface area contributed by atoms with E-state index < -0.39 is 10.2 Å². The minimum absolute atomic E-state index is 0.425. The molecule has 5 nitrogen and oxygen atoms in total. The van der Waals surface area contributed by atoms with Gasteiger partial charge in [-0.1, -0.05) is 6.07 Å². The van der Waals surface area contributed by atoms with Gasteiger partial charge < -0.3 is 5.73 Å². The lowest BCUT2D eigenvalue weighted by Gasteiger charge is -2.17. The predicted molar refractivity (Wildman–Crippen MR) is 66.6 cm³/mol. The normalized spacial score (nSPS) is 11.8. The highest BCUT2D eigenvalue weighted by molar-refractivity contribution is 7.90. The maximum absolute atomic E-state index is 11.7. The third kappa shape index (κ3) is 2.45. The quantitative estimate of drug-likeness (QED) is 0.781. The zero-order chi connectivity index (χ0) is 12.5. The van der Waals surface area contributed by atoms with Gasteiger partial charge in [0.2, 0.25) is 0 Å². The van der Waals surface area contributed by atoms with Crippen LogP contribution in [0.4, 0.5) is 11.4 Å². The van der Waals surface area contributed by atoms with Crippen molar-refractivity contribution < 1.29 is 8.42 Å². The minimum Gasteiger partial charge on any atom is -0.397 e. The molecule has 3 N–H and O–H groups in total. The molecule has 0 aliphatic rings. The molecule has 0 bridgehead atoms. The molecule has 0 amide bonds. The van der Waals surface area contributed by atoms with E-state index in [-0.39, 0.29) is 0 Å². The Morgan fingerprint density at radius 2 is 1.81 bits per heavy atom. The van der Waals surface area contributed by atoms with E-state index in [1.807, 2.05) is 19.9 Å². The average molecular weight is 243 g/mol. The summed E-state index contributed by atoms with van der Waals surface area (Å²) in [6.45, 7) is 3.74. The standard InChI is InChI=1S/C10H17N3O2S/c1-7-5-6-9(11)10(8(7)2)12-16(14,15)13(3)4/h5-6,12H,11H2,1-4H3. The van der Waals surface area contributed by atoms with Gasteiger partial charge in [-0.2, -0.15) is 12.7 Å². The first-order chi connectivity index (χ1) is 7.25. The van der Waals surface area contributed by atoms with Crippen molar-refractivity contribution in [1.29, 1.82) is 0 Å². The number of benzene rings is 1. The van der Waals surface area contributed by atoms with Crippen LogP contribution in [0.5, 0.6) is 0 Å². The van der Waals surface area contributed by atoms with E-state index in [4.69, 9.17) is 5.73 Å². The summed E-state index contributed by atoms with van der Waals surface area (Å²) in [5.74, 6) is 0. The number of anilines is 2. The zero-order valence-corrected chi connectivity index (χ0v) is 10.7. The van der Waals surface area contributed by atoms with Gasteiger partial charge in [0.15, 0.2) is 0 Å². The lowest BCUT2D eigenvalue weighted by Crippen LogP contribution is -2.29. The van der Waals surface area contributed by atoms with E-state index in [0.29, 0.717) is 11.4 Å². The molecule has 0 heterocycles. The van der Waals surface area contributed by atoms with Crippen LogP contribution in [-0.2, 0) is 10.2 Å². The molecule has 0 spiro atoms. The number of hydrogen-bond acceptors (Lipinski definition) is 3. The number of nitrogens with zero attached hydrogens (tertiary/aromatic N) is 1. The van der Waals surface area contributed by atoms with E-state index in [2.05, 4.69) is 4.72 Å². The summed E-state index contributed by atoms with van der Waals surface area (Å²) in [5, 5.41) is 0. The third-order valence-electron chi connectivity index (χ3n) is 2.48. The number of aryl methyl sites for hydroxylation is 1. The van der Waals surface area contributed by atoms with Gasteiger partial charge in [-0.15, -0.1) is 0 Å². The van der Waals surface area contributed by atoms with Crippen molar-refractivity contribution in [2.24, 2.45) is 0 Å². The minimum atomic E-state index is -3.51. The number of nitrogens with one attached hydrogen (secondary N) is 1. The van der Waals surface area contributed by atoms with Crippen LogP contribution in [0.15, 0.2) is 12.1 Å². The molecule has 0 aliphatic carbocycles. The van der Waals surface area contributed by atoms with Crippen molar-refractivity contribution >= 4 is 21.6 Å². The van der Waals surface area contributed by atoms with Crippen molar-refractivity contribution in [3.05, 3.63) is 23.3 Å². The Bertz CT molecular complexity index is 495. The van der Waals surface area contributed by atoms with Crippen LogP contribution in [0.2, 0.25) is 0 Å². The van der Waals surface area contributed by atoms with E-state index in [9.17, 15) is 8.42 Å². The predicted octanol–water partition coefficient (Wildman–Crippen LogP) is 1.10. The summed E-state index contributed by atoms with van der Waals surface area (Å²) in [7, 11) is -0.586. The summed E-state index contributed by atoms with van der Waals surface area (Å²) in [5.41, 5.74) is 8.46. The zero-order valence-electron chi connectivity index (χ0n) is 9.90. The second-order valence-corrected chi connectivity index (χ2v) is 5.75. The summed E-state index contributed by atoms with van der Waals surface area (Å²) in [4.78, 5) is 0. The highest BCUT2D eigenvalue weighted by Gasteiger charge is 2.16. The van der Waals surface area contributed by atoms with E-state index in [0.717, 1.165) is 15.4 Å². The van der Waals surface area contributed by atoms with Crippen LogP contribution in [0.1, 0.15) is 11.1 Å². The molecule has 0 saturated carbocycles. The number of nitrogens with two attached hydrogens (primary N) is 1. The van der Waals surface area contributed by atoms with Crippen molar-refractivity contribution in [2.45, 2.75) is 13.8 Å². The second kappa shape index (κ2) is 4.31. The van der Waals surface area contributed by atoms with Gasteiger partial charge in [-0.05, 0) is 31.0 Å². The molecule has 0 unspecified atom stereocenters. The topological polar surface area (TPSA) is 75.4 Å². The van der Waals surface area contributed by atoms with Gasteiger partial charge in [0, 0.05) is 14.1 Å². The van der Waals surface area contributed by atoms with E-state index in [1.54, 1.807) is 6.07 Å². The van der Waals surface area contributed by atoms with Crippen LogP contribution < -0.4 is 10.5 Å². The van der Waals surface area contributed by atoms with Crippen LogP contribution in [0.3, 0.4) is 0 Å². The Kier molecular flexibility index (Phi) is 3.44. The van der Waals surface area contributed by atoms with Crippen molar-refractivity contribution in [3.63, 3.8) is 0 Å². The SMILES string of the molecule is Cc1ccc(N)c(NS(=O)(=O)N(C)C)c1C. The Morgan fingerprint density at radius 1 is 1.25 bits per heavy atom. The Labute approximate surface area is 96.4 Å². The molecule has 0 atom stereocenters. The second-order valence-electron chi connectivity index (χ2n) is 3.86. The highest BCUT2D eigenvalue weighted by atomic mass is 32.2. The molecule has 0 aromatic heterocycles. The van der Waals surface area contributed by atoms with Crippen LogP contribution in [0.25, 0.3) is 0 Å².